The van der Waals surface area contributed by atoms with Gasteiger partial charge in [-0.15, -0.1) is 11.3 Å². The van der Waals surface area contributed by atoms with Gasteiger partial charge in [0.05, 0.1) is 5.69 Å². The zero-order valence-electron chi connectivity index (χ0n) is 24.9. The van der Waals surface area contributed by atoms with Crippen LogP contribution in [0.25, 0.3) is 11.3 Å². The summed E-state index contributed by atoms with van der Waals surface area (Å²) < 4.78 is 17.3. The van der Waals surface area contributed by atoms with Gasteiger partial charge in [0, 0.05) is 63.5 Å². The molecule has 1 aromatic heterocycles. The van der Waals surface area contributed by atoms with Gasteiger partial charge in [0.1, 0.15) is 30.8 Å². The van der Waals surface area contributed by atoms with Crippen LogP contribution in [-0.2, 0) is 19.0 Å². The summed E-state index contributed by atoms with van der Waals surface area (Å²) in [6.07, 6.45) is 0.161. The van der Waals surface area contributed by atoms with Crippen LogP contribution < -0.4 is 10.2 Å². The summed E-state index contributed by atoms with van der Waals surface area (Å²) in [5.41, 5.74) is 9.94. The van der Waals surface area contributed by atoms with Crippen molar-refractivity contribution in [1.29, 1.82) is 5.53 Å². The van der Waals surface area contributed by atoms with Crippen LogP contribution in [0.4, 0.5) is 5.13 Å². The minimum Gasteiger partial charge on any atom is -0.368 e. The zero-order chi connectivity index (χ0) is 30.0. The van der Waals surface area contributed by atoms with E-state index in [-0.39, 0.29) is 30.9 Å². The van der Waals surface area contributed by atoms with Gasteiger partial charge in [-0.25, -0.2) is 10.5 Å². The van der Waals surface area contributed by atoms with Crippen LogP contribution in [0.15, 0.2) is 34.8 Å². The predicted molar refractivity (Wildman–Crippen MR) is 159 cm³/mol. The lowest BCUT2D eigenvalue weighted by Gasteiger charge is -2.38. The Balaban J connectivity index is 1.30. The van der Waals surface area contributed by atoms with Gasteiger partial charge in [0.25, 0.3) is 5.91 Å². The normalized spacial score (nSPS) is 25.2. The average molecular weight is 600 g/mol. The maximum Gasteiger partial charge on any atom is 0.251 e. The number of amides is 2. The van der Waals surface area contributed by atoms with Crippen LogP contribution in [0.5, 0.6) is 0 Å². The van der Waals surface area contributed by atoms with E-state index < -0.39 is 30.0 Å². The van der Waals surface area contributed by atoms with Crippen molar-refractivity contribution in [1.82, 2.24) is 20.1 Å². The first-order chi connectivity index (χ1) is 20.2. The van der Waals surface area contributed by atoms with Gasteiger partial charge in [-0.2, -0.15) is 5.11 Å². The molecule has 2 amide bonds. The second kappa shape index (κ2) is 12.7. The molecule has 0 aliphatic carbocycles. The third-order valence-corrected chi connectivity index (χ3v) is 9.85. The summed E-state index contributed by atoms with van der Waals surface area (Å²) in [6.45, 7) is 8.19. The number of hydrogen-bond donors (Lipinski definition) is 2. The molecule has 3 aliphatic rings. The molecule has 12 nitrogen and oxygen atoms in total. The monoisotopic (exact) mass is 599 g/mol. The molecule has 2 aromatic rings. The second-order valence-corrected chi connectivity index (χ2v) is 12.2. The van der Waals surface area contributed by atoms with Crippen molar-refractivity contribution in [2.75, 3.05) is 65.5 Å². The Morgan fingerprint density at radius 1 is 1.21 bits per heavy atom. The number of piperazine rings is 1. The van der Waals surface area contributed by atoms with E-state index in [1.807, 2.05) is 31.4 Å². The van der Waals surface area contributed by atoms with Gasteiger partial charge >= 0.3 is 0 Å². The molecule has 1 aromatic carbocycles. The van der Waals surface area contributed by atoms with Crippen molar-refractivity contribution in [2.24, 2.45) is 11.0 Å². The minimum absolute atomic E-state index is 0.119. The quantitative estimate of drug-likeness (QED) is 0.315. The number of nitrogens with one attached hydrogen (secondary N) is 2. The molecule has 3 saturated heterocycles. The number of methoxy groups -OCH3 is 2. The lowest BCUT2D eigenvalue weighted by molar-refractivity contribution is -0.227. The average Bonchev–Trinajstić information content (AvgIpc) is 3.75. The molecule has 3 fully saturated rings. The van der Waals surface area contributed by atoms with Crippen LogP contribution in [0, 0.1) is 11.4 Å². The van der Waals surface area contributed by atoms with Crippen LogP contribution >= 0.6 is 11.3 Å². The first kappa shape index (κ1) is 30.5. The maximum atomic E-state index is 14.1. The number of nitrogens with zero attached hydrogens (tertiary/aromatic N) is 5. The molecule has 2 N–H and O–H groups in total. The van der Waals surface area contributed by atoms with E-state index in [0.29, 0.717) is 12.0 Å². The Bertz CT molecular complexity index is 1260. The number of fused-ring (bicyclic) bond motifs is 1. The van der Waals surface area contributed by atoms with Crippen LogP contribution in [0.3, 0.4) is 0 Å². The van der Waals surface area contributed by atoms with Gasteiger partial charge in [-0.3, -0.25) is 9.59 Å². The number of aromatic nitrogens is 1. The maximum absolute atomic E-state index is 14.1. The minimum atomic E-state index is -1.17. The second-order valence-electron chi connectivity index (χ2n) is 11.3. The molecular formula is C29H41N7O5S. The van der Waals surface area contributed by atoms with E-state index in [4.69, 9.17) is 24.7 Å². The highest BCUT2D eigenvalue weighted by molar-refractivity contribution is 7.14. The molecule has 5 atom stereocenters. The van der Waals surface area contributed by atoms with E-state index in [0.717, 1.165) is 42.6 Å². The van der Waals surface area contributed by atoms with Crippen LogP contribution in [0.1, 0.15) is 30.6 Å². The fourth-order valence-corrected chi connectivity index (χ4v) is 6.89. The Hall–Kier alpha value is -2.97. The zero-order valence-corrected chi connectivity index (χ0v) is 25.7. The molecule has 42 heavy (non-hydrogen) atoms. The number of likely N-dealkylation sites (N-methyl/N-ethyl adjacent to an activating group) is 1. The number of carbonyl (C=O) groups is 2. The van der Waals surface area contributed by atoms with Crippen molar-refractivity contribution in [3.8, 4) is 11.3 Å². The molecule has 0 spiro atoms. The largest absolute Gasteiger partial charge is 0.368 e. The number of benzene rings is 1. The lowest BCUT2D eigenvalue weighted by atomic mass is 9.96. The number of carbonyl (C=O) groups excluding carboxylic acids is 2. The predicted octanol–water partition coefficient (Wildman–Crippen LogP) is 2.70. The summed E-state index contributed by atoms with van der Waals surface area (Å²) in [4.78, 5) is 38.6. The molecule has 0 bridgehead atoms. The van der Waals surface area contributed by atoms with Crippen molar-refractivity contribution in [2.45, 2.75) is 50.3 Å². The summed E-state index contributed by atoms with van der Waals surface area (Å²) in [7, 11) is 5.16. The van der Waals surface area contributed by atoms with Crippen LogP contribution in [-0.4, -0.2) is 117 Å². The third kappa shape index (κ3) is 5.68. The summed E-state index contributed by atoms with van der Waals surface area (Å²) in [6, 6.07) is 5.41. The van der Waals surface area contributed by atoms with Gasteiger partial charge in [-0.05, 0) is 25.1 Å². The van der Waals surface area contributed by atoms with E-state index >= 15 is 0 Å². The molecular weight excluding hydrogens is 558 g/mol. The smallest absolute Gasteiger partial charge is 0.251 e. The highest BCUT2D eigenvalue weighted by Crippen LogP contribution is 2.40. The number of thiazole rings is 1. The van der Waals surface area contributed by atoms with E-state index in [1.54, 1.807) is 28.4 Å². The summed E-state index contributed by atoms with van der Waals surface area (Å²) in [5.74, 6) is -1.91. The fraction of sp³-hybridized carbons (Fsp3) is 0.621. The summed E-state index contributed by atoms with van der Waals surface area (Å²) in [5, 5.41) is 9.77. The molecule has 0 radical (unpaired) electrons. The Morgan fingerprint density at radius 2 is 1.90 bits per heavy atom. The Morgan fingerprint density at radius 3 is 2.52 bits per heavy atom. The van der Waals surface area contributed by atoms with Gasteiger partial charge in [-0.1, -0.05) is 32.4 Å². The van der Waals surface area contributed by atoms with Gasteiger partial charge in [0.15, 0.2) is 5.13 Å². The molecule has 13 heteroatoms. The topological polar surface area (TPSA) is 133 Å². The van der Waals surface area contributed by atoms with Gasteiger partial charge < -0.3 is 34.2 Å². The van der Waals surface area contributed by atoms with Gasteiger partial charge in [0.2, 0.25) is 11.7 Å². The number of hydrogen-bond acceptors (Lipinski definition) is 11. The first-order valence-corrected chi connectivity index (χ1v) is 15.3. The fourth-order valence-electron chi connectivity index (χ4n) is 6.00. The number of rotatable bonds is 10. The Labute approximate surface area is 250 Å². The standard InChI is InChI=1S/C29H41N7O5S/c1-6-18(2)23(27(38)36-15-21(33-30)24-25(36)29(39-4,40-5)17-41-24)32-26(37)20-9-7-19(8-10-20)22-16-42-28(31-22)35-13-11-34(3)12-14-35/h7-10,16,18,21,23-25,30H,6,11-15,17H2,1-5H3,(H,32,37)/t18?,21-,23+,24?,25?/m1/s1. The highest BCUT2D eigenvalue weighted by Gasteiger charge is 2.62. The van der Waals surface area contributed by atoms with E-state index in [9.17, 15) is 9.59 Å². The number of anilines is 1. The van der Waals surface area contributed by atoms with Crippen molar-refractivity contribution >= 4 is 28.3 Å². The third-order valence-electron chi connectivity index (χ3n) is 8.95. The highest BCUT2D eigenvalue weighted by atomic mass is 32.1. The van der Waals surface area contributed by atoms with Crippen molar-refractivity contribution in [3.05, 3.63) is 35.2 Å². The molecule has 228 valence electrons. The molecule has 0 saturated carbocycles. The molecule has 3 aliphatic heterocycles. The van der Waals surface area contributed by atoms with E-state index in [1.165, 1.54) is 14.2 Å². The molecule has 5 rings (SSSR count). The van der Waals surface area contributed by atoms with Crippen molar-refractivity contribution in [3.63, 3.8) is 0 Å². The SMILES string of the molecule is CCC(C)[C@H](NC(=O)c1ccc(-c2csc(N3CCN(C)CC3)n2)cc1)C(=O)N1C[C@@H](N=N)C2OCC(OC)(OC)C21. The lowest BCUT2D eigenvalue weighted by Crippen LogP contribution is -2.59. The molecule has 3 unspecified atom stereocenters. The molecule has 4 heterocycles. The van der Waals surface area contributed by atoms with Crippen LogP contribution in [0.2, 0.25) is 0 Å². The number of likely N-dealkylation sites (tertiary alicyclic amines) is 1. The van der Waals surface area contributed by atoms with Crippen molar-refractivity contribution < 1.29 is 23.8 Å². The van der Waals surface area contributed by atoms with E-state index in [2.05, 4.69) is 27.3 Å². The Kier molecular flexibility index (Phi) is 9.23. The number of ether oxygens (including phenoxy) is 3. The first-order valence-electron chi connectivity index (χ1n) is 14.4. The summed E-state index contributed by atoms with van der Waals surface area (Å²) >= 11 is 1.63.